The van der Waals surface area contributed by atoms with E-state index in [1.54, 1.807) is 0 Å². The summed E-state index contributed by atoms with van der Waals surface area (Å²) in [5.41, 5.74) is 1.17. The standard InChI is InChI=1S/C15H23Cl2N/c1-3-5-6-7-8-15(18-4-2)13-10-9-12(16)11-14(13)17/h9-11,15,18H,3-8H2,1-2H3. The summed E-state index contributed by atoms with van der Waals surface area (Å²) in [6.45, 7) is 5.32. The van der Waals surface area contributed by atoms with Crippen molar-refractivity contribution in [1.82, 2.24) is 5.32 Å². The Morgan fingerprint density at radius 3 is 2.50 bits per heavy atom. The third kappa shape index (κ3) is 5.17. The first-order valence-electron chi connectivity index (χ1n) is 6.87. The zero-order valence-electron chi connectivity index (χ0n) is 11.3. The van der Waals surface area contributed by atoms with Gasteiger partial charge in [0.25, 0.3) is 0 Å². The smallest absolute Gasteiger partial charge is 0.0468 e. The van der Waals surface area contributed by atoms with Crippen molar-refractivity contribution in [1.29, 1.82) is 0 Å². The predicted molar refractivity (Wildman–Crippen MR) is 81.6 cm³/mol. The number of hydrogen-bond acceptors (Lipinski definition) is 1. The van der Waals surface area contributed by atoms with Crippen LogP contribution in [0.3, 0.4) is 0 Å². The van der Waals surface area contributed by atoms with Crippen molar-refractivity contribution in [3.8, 4) is 0 Å². The van der Waals surface area contributed by atoms with Crippen molar-refractivity contribution >= 4 is 23.2 Å². The van der Waals surface area contributed by atoms with Crippen LogP contribution in [-0.2, 0) is 0 Å². The van der Waals surface area contributed by atoms with E-state index in [9.17, 15) is 0 Å². The van der Waals surface area contributed by atoms with Crippen molar-refractivity contribution in [2.24, 2.45) is 0 Å². The van der Waals surface area contributed by atoms with E-state index in [0.29, 0.717) is 11.1 Å². The van der Waals surface area contributed by atoms with Crippen LogP contribution < -0.4 is 5.32 Å². The van der Waals surface area contributed by atoms with Gasteiger partial charge < -0.3 is 5.32 Å². The summed E-state index contributed by atoms with van der Waals surface area (Å²) in [7, 11) is 0. The van der Waals surface area contributed by atoms with Crippen molar-refractivity contribution in [3.63, 3.8) is 0 Å². The lowest BCUT2D eigenvalue weighted by molar-refractivity contribution is 0.482. The first-order valence-corrected chi connectivity index (χ1v) is 7.63. The Balaban J connectivity index is 2.64. The molecule has 18 heavy (non-hydrogen) atoms. The highest BCUT2D eigenvalue weighted by Gasteiger charge is 2.13. The molecule has 1 N–H and O–H groups in total. The molecule has 0 saturated carbocycles. The molecule has 0 radical (unpaired) electrons. The van der Waals surface area contributed by atoms with Crippen LogP contribution in [0.25, 0.3) is 0 Å². The lowest BCUT2D eigenvalue weighted by Crippen LogP contribution is -2.21. The highest BCUT2D eigenvalue weighted by Crippen LogP contribution is 2.29. The summed E-state index contributed by atoms with van der Waals surface area (Å²) in [5.74, 6) is 0. The molecule has 0 aliphatic rings. The molecule has 0 saturated heterocycles. The minimum atomic E-state index is 0.344. The van der Waals surface area contributed by atoms with Crippen molar-refractivity contribution in [2.75, 3.05) is 6.54 Å². The monoisotopic (exact) mass is 287 g/mol. The van der Waals surface area contributed by atoms with Gasteiger partial charge in [0.15, 0.2) is 0 Å². The van der Waals surface area contributed by atoms with E-state index in [-0.39, 0.29) is 0 Å². The molecule has 0 spiro atoms. The van der Waals surface area contributed by atoms with E-state index in [1.165, 1.54) is 31.2 Å². The summed E-state index contributed by atoms with van der Waals surface area (Å²) in [5, 5.41) is 4.98. The quantitative estimate of drug-likeness (QED) is 0.613. The second kappa shape index (κ2) is 8.79. The maximum absolute atomic E-state index is 6.28. The normalized spacial score (nSPS) is 12.7. The second-order valence-corrected chi connectivity index (χ2v) is 5.47. The van der Waals surface area contributed by atoms with Gasteiger partial charge in [-0.3, -0.25) is 0 Å². The molecule has 1 aromatic rings. The molecule has 0 bridgehead atoms. The molecule has 3 heteroatoms. The van der Waals surface area contributed by atoms with Gasteiger partial charge in [-0.2, -0.15) is 0 Å². The molecule has 0 amide bonds. The number of benzene rings is 1. The molecular weight excluding hydrogens is 265 g/mol. The first-order chi connectivity index (χ1) is 8.69. The zero-order chi connectivity index (χ0) is 13.4. The summed E-state index contributed by atoms with van der Waals surface area (Å²) in [6, 6.07) is 6.13. The van der Waals surface area contributed by atoms with Gasteiger partial charge in [-0.1, -0.05) is 68.8 Å². The number of unbranched alkanes of at least 4 members (excludes halogenated alkanes) is 3. The molecule has 1 nitrogen and oxygen atoms in total. The molecule has 0 aliphatic heterocycles. The van der Waals surface area contributed by atoms with E-state index in [0.717, 1.165) is 18.0 Å². The summed E-state index contributed by atoms with van der Waals surface area (Å²) in [6.07, 6.45) is 6.25. The Bertz CT molecular complexity index is 352. The number of nitrogens with one attached hydrogen (secondary N) is 1. The van der Waals surface area contributed by atoms with Crippen LogP contribution in [0.5, 0.6) is 0 Å². The van der Waals surface area contributed by atoms with E-state index >= 15 is 0 Å². The highest BCUT2D eigenvalue weighted by molar-refractivity contribution is 6.35. The molecule has 1 rings (SSSR count). The molecule has 1 aromatic carbocycles. The summed E-state index contributed by atoms with van der Waals surface area (Å²) < 4.78 is 0. The topological polar surface area (TPSA) is 12.0 Å². The van der Waals surface area contributed by atoms with E-state index < -0.39 is 0 Å². The predicted octanol–water partition coefficient (Wildman–Crippen LogP) is 5.61. The average Bonchev–Trinajstić information content (AvgIpc) is 2.34. The van der Waals surface area contributed by atoms with E-state index in [1.807, 2.05) is 18.2 Å². The molecule has 1 unspecified atom stereocenters. The second-order valence-electron chi connectivity index (χ2n) is 4.63. The highest BCUT2D eigenvalue weighted by atomic mass is 35.5. The van der Waals surface area contributed by atoms with Gasteiger partial charge in [0.05, 0.1) is 0 Å². The lowest BCUT2D eigenvalue weighted by Gasteiger charge is -2.19. The lowest BCUT2D eigenvalue weighted by atomic mass is 10.00. The van der Waals surface area contributed by atoms with Crippen LogP contribution in [-0.4, -0.2) is 6.54 Å². The minimum absolute atomic E-state index is 0.344. The Labute approximate surface area is 121 Å². The first kappa shape index (κ1) is 15.8. The van der Waals surface area contributed by atoms with E-state index in [2.05, 4.69) is 19.2 Å². The third-order valence-electron chi connectivity index (χ3n) is 3.13. The van der Waals surface area contributed by atoms with Gasteiger partial charge in [-0.25, -0.2) is 0 Å². The van der Waals surface area contributed by atoms with Gasteiger partial charge in [0.1, 0.15) is 0 Å². The number of hydrogen-bond donors (Lipinski definition) is 1. The van der Waals surface area contributed by atoms with Crippen LogP contribution in [0, 0.1) is 0 Å². The molecule has 0 aromatic heterocycles. The average molecular weight is 288 g/mol. The van der Waals surface area contributed by atoms with Gasteiger partial charge in [-0.05, 0) is 30.7 Å². The fourth-order valence-electron chi connectivity index (χ4n) is 2.17. The summed E-state index contributed by atoms with van der Waals surface area (Å²) >= 11 is 12.2. The molecule has 102 valence electrons. The largest absolute Gasteiger partial charge is 0.310 e. The maximum atomic E-state index is 6.28. The molecular formula is C15H23Cl2N. The molecule has 0 fully saturated rings. The minimum Gasteiger partial charge on any atom is -0.310 e. The maximum Gasteiger partial charge on any atom is 0.0468 e. The van der Waals surface area contributed by atoms with Gasteiger partial charge in [0, 0.05) is 16.1 Å². The fraction of sp³-hybridized carbons (Fsp3) is 0.600. The van der Waals surface area contributed by atoms with Crippen LogP contribution in [0.2, 0.25) is 10.0 Å². The number of halogens is 2. The Hall–Kier alpha value is -0.240. The van der Waals surface area contributed by atoms with Crippen molar-refractivity contribution < 1.29 is 0 Å². The third-order valence-corrected chi connectivity index (χ3v) is 3.70. The van der Waals surface area contributed by atoms with Crippen LogP contribution in [0.1, 0.15) is 57.6 Å². The van der Waals surface area contributed by atoms with Gasteiger partial charge in [0.2, 0.25) is 0 Å². The Morgan fingerprint density at radius 1 is 1.11 bits per heavy atom. The van der Waals surface area contributed by atoms with Gasteiger partial charge >= 0.3 is 0 Å². The zero-order valence-corrected chi connectivity index (χ0v) is 12.8. The van der Waals surface area contributed by atoms with Crippen LogP contribution in [0.15, 0.2) is 18.2 Å². The van der Waals surface area contributed by atoms with E-state index in [4.69, 9.17) is 23.2 Å². The van der Waals surface area contributed by atoms with Crippen molar-refractivity contribution in [3.05, 3.63) is 33.8 Å². The van der Waals surface area contributed by atoms with Crippen molar-refractivity contribution in [2.45, 2.75) is 52.0 Å². The fourth-order valence-corrected chi connectivity index (χ4v) is 2.71. The summed E-state index contributed by atoms with van der Waals surface area (Å²) in [4.78, 5) is 0. The van der Waals surface area contributed by atoms with Crippen LogP contribution in [0.4, 0.5) is 0 Å². The number of rotatable bonds is 8. The Kier molecular flexibility index (Phi) is 7.73. The molecule has 0 heterocycles. The van der Waals surface area contributed by atoms with Crippen LogP contribution >= 0.6 is 23.2 Å². The molecule has 0 aliphatic carbocycles. The van der Waals surface area contributed by atoms with Gasteiger partial charge in [-0.15, -0.1) is 0 Å². The SMILES string of the molecule is CCCCCCC(NCC)c1ccc(Cl)cc1Cl. The Morgan fingerprint density at radius 2 is 1.89 bits per heavy atom. The molecule has 1 atom stereocenters.